The van der Waals surface area contributed by atoms with E-state index in [1.165, 1.54) is 0 Å². The molecular weight excluding hydrogens is 338 g/mol. The first-order chi connectivity index (χ1) is 12.0. The van der Waals surface area contributed by atoms with Crippen LogP contribution in [0, 0.1) is 11.8 Å². The Morgan fingerprint density at radius 2 is 1.88 bits per heavy atom. The SMILES string of the molecule is CN=[S@](=O)(C[C@]1(O)C[C@@H]2C=C[C@H]1CCC21OCCO1)c1ccccc1. The number of hydrogen-bond acceptors (Lipinski definition) is 5. The van der Waals surface area contributed by atoms with Crippen LogP contribution in [0.5, 0.6) is 0 Å². The third-order valence-electron chi connectivity index (χ3n) is 5.84. The van der Waals surface area contributed by atoms with Crippen molar-refractivity contribution in [1.82, 2.24) is 0 Å². The second kappa shape index (κ2) is 6.20. The predicted molar refractivity (Wildman–Crippen MR) is 95.6 cm³/mol. The summed E-state index contributed by atoms with van der Waals surface area (Å²) in [6.45, 7) is 1.19. The summed E-state index contributed by atoms with van der Waals surface area (Å²) >= 11 is 0. The lowest BCUT2D eigenvalue weighted by atomic mass is 9.77. The summed E-state index contributed by atoms with van der Waals surface area (Å²) < 4.78 is 29.6. The van der Waals surface area contributed by atoms with E-state index in [0.29, 0.717) is 24.5 Å². The van der Waals surface area contributed by atoms with E-state index >= 15 is 0 Å². The summed E-state index contributed by atoms with van der Waals surface area (Å²) in [6, 6.07) is 9.27. The van der Waals surface area contributed by atoms with E-state index in [4.69, 9.17) is 9.47 Å². The maximum Gasteiger partial charge on any atom is 0.174 e. The first kappa shape index (κ1) is 17.2. The molecular formula is C19H25NO4S. The molecule has 0 radical (unpaired) electrons. The van der Waals surface area contributed by atoms with Gasteiger partial charge in [-0.3, -0.25) is 0 Å². The molecule has 2 bridgehead atoms. The van der Waals surface area contributed by atoms with Crippen molar-refractivity contribution in [2.75, 3.05) is 26.0 Å². The van der Waals surface area contributed by atoms with Gasteiger partial charge in [0, 0.05) is 30.2 Å². The molecule has 1 aliphatic heterocycles. The highest BCUT2D eigenvalue weighted by molar-refractivity contribution is 7.93. The van der Waals surface area contributed by atoms with Crippen LogP contribution in [0.25, 0.3) is 0 Å². The lowest BCUT2D eigenvalue weighted by molar-refractivity contribution is -0.191. The summed E-state index contributed by atoms with van der Waals surface area (Å²) in [6.07, 6.45) is 6.19. The Morgan fingerprint density at radius 3 is 2.56 bits per heavy atom. The molecule has 1 aromatic rings. The standard InChI is InChI=1S/C19H25NO4S/c1-20-25(22,17-5-3-2-4-6-17)14-18(21)13-16-8-7-15(18)9-10-19(16)23-11-12-24-19/h2-8,15-16,21H,9-14H2,1H3/t15-,16-,18+,25-/m0/s1. The van der Waals surface area contributed by atoms with Gasteiger partial charge in [-0.25, -0.2) is 8.57 Å². The maximum atomic E-state index is 13.5. The number of nitrogens with zero attached hydrogens (tertiary/aromatic N) is 1. The van der Waals surface area contributed by atoms with Crippen LogP contribution in [-0.4, -0.2) is 46.7 Å². The van der Waals surface area contributed by atoms with Crippen molar-refractivity contribution in [2.24, 2.45) is 16.2 Å². The highest BCUT2D eigenvalue weighted by atomic mass is 32.2. The van der Waals surface area contributed by atoms with Crippen molar-refractivity contribution in [3.05, 3.63) is 42.5 Å². The zero-order valence-corrected chi connectivity index (χ0v) is 15.3. The van der Waals surface area contributed by atoms with Crippen molar-refractivity contribution in [1.29, 1.82) is 0 Å². The van der Waals surface area contributed by atoms with Gasteiger partial charge in [-0.2, -0.15) is 0 Å². The largest absolute Gasteiger partial charge is 0.388 e. The molecule has 1 heterocycles. The highest BCUT2D eigenvalue weighted by Crippen LogP contribution is 2.50. The van der Waals surface area contributed by atoms with Crippen molar-refractivity contribution in [2.45, 2.75) is 35.5 Å². The molecule has 1 N–H and O–H groups in total. The van der Waals surface area contributed by atoms with Crippen LogP contribution < -0.4 is 0 Å². The minimum atomic E-state index is -2.68. The van der Waals surface area contributed by atoms with Gasteiger partial charge in [0.25, 0.3) is 0 Å². The first-order valence-electron chi connectivity index (χ1n) is 8.86. The van der Waals surface area contributed by atoms with E-state index < -0.39 is 21.1 Å². The van der Waals surface area contributed by atoms with Crippen LogP contribution in [0.4, 0.5) is 0 Å². The fourth-order valence-corrected chi connectivity index (χ4v) is 6.58. The van der Waals surface area contributed by atoms with E-state index in [0.717, 1.165) is 12.8 Å². The Balaban J connectivity index is 1.67. The van der Waals surface area contributed by atoms with Gasteiger partial charge in [0.05, 0.1) is 34.3 Å². The molecule has 2 fully saturated rings. The molecule has 136 valence electrons. The van der Waals surface area contributed by atoms with Gasteiger partial charge < -0.3 is 14.6 Å². The number of benzene rings is 1. The van der Waals surface area contributed by atoms with Gasteiger partial charge in [0.2, 0.25) is 0 Å². The van der Waals surface area contributed by atoms with Crippen LogP contribution in [0.15, 0.2) is 51.7 Å². The van der Waals surface area contributed by atoms with Crippen molar-refractivity contribution in [3.63, 3.8) is 0 Å². The molecule has 1 spiro atoms. The predicted octanol–water partition coefficient (Wildman–Crippen LogP) is 2.60. The molecule has 5 rings (SSSR count). The first-order valence-corrected chi connectivity index (χ1v) is 10.5. The van der Waals surface area contributed by atoms with Gasteiger partial charge in [-0.15, -0.1) is 0 Å². The number of aliphatic hydroxyl groups is 1. The monoisotopic (exact) mass is 363 g/mol. The van der Waals surface area contributed by atoms with Crippen LogP contribution in [0.3, 0.4) is 0 Å². The molecule has 3 aliphatic carbocycles. The molecule has 0 amide bonds. The molecule has 4 atom stereocenters. The zero-order chi connectivity index (χ0) is 17.5. The van der Waals surface area contributed by atoms with Crippen molar-refractivity contribution < 1.29 is 18.8 Å². The Morgan fingerprint density at radius 1 is 1.20 bits per heavy atom. The Bertz CT molecular complexity index is 778. The van der Waals surface area contributed by atoms with Crippen LogP contribution in [-0.2, 0) is 19.2 Å². The number of ether oxygens (including phenoxy) is 2. The molecule has 0 unspecified atom stereocenters. The van der Waals surface area contributed by atoms with E-state index in [2.05, 4.69) is 16.5 Å². The van der Waals surface area contributed by atoms with Crippen molar-refractivity contribution in [3.8, 4) is 0 Å². The number of rotatable bonds is 3. The normalized spacial score (nSPS) is 35.4. The van der Waals surface area contributed by atoms with E-state index in [9.17, 15) is 9.32 Å². The van der Waals surface area contributed by atoms with Gasteiger partial charge in [-0.1, -0.05) is 30.4 Å². The Hall–Kier alpha value is -1.21. The molecule has 0 aromatic heterocycles. The van der Waals surface area contributed by atoms with Crippen LogP contribution >= 0.6 is 0 Å². The molecule has 1 saturated carbocycles. The summed E-state index contributed by atoms with van der Waals surface area (Å²) in [5.41, 5.74) is -1.06. The van der Waals surface area contributed by atoms with Gasteiger partial charge in [0.15, 0.2) is 5.79 Å². The van der Waals surface area contributed by atoms with Crippen molar-refractivity contribution >= 4 is 9.73 Å². The smallest absolute Gasteiger partial charge is 0.174 e. The third kappa shape index (κ3) is 2.85. The Labute approximate surface area is 149 Å². The molecule has 1 aromatic carbocycles. The summed E-state index contributed by atoms with van der Waals surface area (Å²) in [5.74, 6) is -0.549. The molecule has 6 heteroatoms. The van der Waals surface area contributed by atoms with Crippen LogP contribution in [0.2, 0.25) is 0 Å². The summed E-state index contributed by atoms with van der Waals surface area (Å²) in [7, 11) is -1.10. The molecule has 5 nitrogen and oxygen atoms in total. The minimum Gasteiger partial charge on any atom is -0.388 e. The molecule has 1 saturated heterocycles. The fourth-order valence-electron chi connectivity index (χ4n) is 4.48. The lowest BCUT2D eigenvalue weighted by Crippen LogP contribution is -2.48. The zero-order valence-electron chi connectivity index (χ0n) is 14.5. The number of hydrogen-bond donors (Lipinski definition) is 1. The van der Waals surface area contributed by atoms with E-state index in [1.807, 2.05) is 30.3 Å². The second-order valence-electron chi connectivity index (χ2n) is 7.23. The van der Waals surface area contributed by atoms with Crippen LogP contribution in [0.1, 0.15) is 19.3 Å². The molecule has 25 heavy (non-hydrogen) atoms. The quantitative estimate of drug-likeness (QED) is 0.838. The minimum absolute atomic E-state index is 0.0185. The fraction of sp³-hybridized carbons (Fsp3) is 0.579. The highest BCUT2D eigenvalue weighted by Gasteiger charge is 2.54. The topological polar surface area (TPSA) is 68.1 Å². The third-order valence-corrected chi connectivity index (χ3v) is 8.33. The van der Waals surface area contributed by atoms with E-state index in [-0.39, 0.29) is 17.6 Å². The van der Waals surface area contributed by atoms with Gasteiger partial charge in [-0.05, 0) is 25.0 Å². The second-order valence-corrected chi connectivity index (χ2v) is 9.64. The van der Waals surface area contributed by atoms with E-state index in [1.54, 1.807) is 7.05 Å². The summed E-state index contributed by atoms with van der Waals surface area (Å²) in [5, 5.41) is 11.5. The lowest BCUT2D eigenvalue weighted by Gasteiger charge is -2.40. The van der Waals surface area contributed by atoms with Gasteiger partial charge in [0.1, 0.15) is 0 Å². The van der Waals surface area contributed by atoms with Gasteiger partial charge >= 0.3 is 0 Å². The maximum absolute atomic E-state index is 13.5. The summed E-state index contributed by atoms with van der Waals surface area (Å²) in [4.78, 5) is 0.679. The Kier molecular flexibility index (Phi) is 4.27. The molecule has 4 aliphatic rings. The average molecular weight is 363 g/mol. The number of fused-ring (bicyclic) bond motifs is 2. The average Bonchev–Trinajstić information content (AvgIpc) is 3.00.